The van der Waals surface area contributed by atoms with E-state index in [4.69, 9.17) is 10.00 Å². The van der Waals surface area contributed by atoms with Gasteiger partial charge in [0.25, 0.3) is 10.0 Å². The van der Waals surface area contributed by atoms with Gasteiger partial charge in [0.1, 0.15) is 17.6 Å². The second-order valence-corrected chi connectivity index (χ2v) is 5.75. The summed E-state index contributed by atoms with van der Waals surface area (Å²) in [5, 5.41) is 8.51. The number of H-pyrrole nitrogens is 1. The minimum atomic E-state index is -3.78. The van der Waals surface area contributed by atoms with Gasteiger partial charge < -0.3 is 9.72 Å². The van der Waals surface area contributed by atoms with Crippen molar-refractivity contribution in [3.05, 3.63) is 36.3 Å². The number of ether oxygens (including phenoxy) is 1. The number of aromatic nitrogens is 2. The maximum Gasteiger partial charge on any atom is 0.279 e. The molecule has 0 unspecified atom stereocenters. The molecule has 8 heteroatoms. The van der Waals surface area contributed by atoms with Crippen LogP contribution >= 0.6 is 0 Å². The summed E-state index contributed by atoms with van der Waals surface area (Å²) in [6.45, 7) is 1.70. The number of aryl methyl sites for hydroxylation is 1. The molecule has 0 aliphatic rings. The number of benzene rings is 1. The summed E-state index contributed by atoms with van der Waals surface area (Å²) in [6.07, 6.45) is 1.87. The van der Waals surface area contributed by atoms with Crippen molar-refractivity contribution < 1.29 is 13.2 Å². The number of rotatable bonds is 6. The third-order valence-electron chi connectivity index (χ3n) is 2.65. The van der Waals surface area contributed by atoms with E-state index in [9.17, 15) is 8.42 Å². The standard InChI is InChI=1S/C13H14N4O3S/c1-2-12-15-9-13(16-12)21(18,19)17-10-5-3-4-6-11(10)20-8-7-14/h3-6,9,17H,2,8H2,1H3,(H,15,16). The lowest BCUT2D eigenvalue weighted by Crippen LogP contribution is -2.14. The molecule has 0 saturated carbocycles. The summed E-state index contributed by atoms with van der Waals surface area (Å²) in [6, 6.07) is 8.33. The number of anilines is 1. The minimum absolute atomic E-state index is 0.0190. The zero-order valence-electron chi connectivity index (χ0n) is 11.3. The Morgan fingerprint density at radius 1 is 1.43 bits per heavy atom. The number of nitrogens with zero attached hydrogens (tertiary/aromatic N) is 2. The molecule has 0 amide bonds. The number of imidazole rings is 1. The first kappa shape index (κ1) is 14.9. The first-order valence-electron chi connectivity index (χ1n) is 6.22. The summed E-state index contributed by atoms with van der Waals surface area (Å²) >= 11 is 0. The molecule has 0 aliphatic carbocycles. The van der Waals surface area contributed by atoms with Crippen LogP contribution in [0.25, 0.3) is 0 Å². The molecular formula is C13H14N4O3S. The molecule has 1 aromatic carbocycles. The van der Waals surface area contributed by atoms with E-state index in [2.05, 4.69) is 14.7 Å². The average molecular weight is 306 g/mol. The van der Waals surface area contributed by atoms with Crippen molar-refractivity contribution in [2.24, 2.45) is 0 Å². The summed E-state index contributed by atoms with van der Waals surface area (Å²) in [4.78, 5) is 6.70. The Bertz CT molecular complexity index is 762. The van der Waals surface area contributed by atoms with Gasteiger partial charge in [0.2, 0.25) is 0 Å². The van der Waals surface area contributed by atoms with Crippen molar-refractivity contribution in [1.29, 1.82) is 5.26 Å². The molecule has 1 heterocycles. The van der Waals surface area contributed by atoms with E-state index >= 15 is 0 Å². The Balaban J connectivity index is 2.26. The Hall–Kier alpha value is -2.53. The lowest BCUT2D eigenvalue weighted by Gasteiger charge is -2.11. The van der Waals surface area contributed by atoms with Gasteiger partial charge in [-0.15, -0.1) is 0 Å². The van der Waals surface area contributed by atoms with Crippen LogP contribution in [0.4, 0.5) is 5.69 Å². The van der Waals surface area contributed by atoms with Crippen LogP contribution < -0.4 is 9.46 Å². The molecule has 2 aromatic rings. The van der Waals surface area contributed by atoms with E-state index in [1.54, 1.807) is 24.3 Å². The molecule has 1 aromatic heterocycles. The maximum absolute atomic E-state index is 12.3. The van der Waals surface area contributed by atoms with Crippen molar-refractivity contribution >= 4 is 15.7 Å². The lowest BCUT2D eigenvalue weighted by atomic mass is 10.3. The van der Waals surface area contributed by atoms with E-state index in [1.165, 1.54) is 6.20 Å². The van der Waals surface area contributed by atoms with Crippen molar-refractivity contribution in [3.8, 4) is 11.8 Å². The summed E-state index contributed by atoms with van der Waals surface area (Å²) in [5.41, 5.74) is 0.264. The molecule has 0 aliphatic heterocycles. The molecule has 2 N–H and O–H groups in total. The van der Waals surface area contributed by atoms with Crippen molar-refractivity contribution in [2.75, 3.05) is 11.3 Å². The van der Waals surface area contributed by atoms with E-state index in [1.807, 2.05) is 13.0 Å². The Labute approximate surface area is 122 Å². The normalized spacial score (nSPS) is 10.9. The van der Waals surface area contributed by atoms with Gasteiger partial charge >= 0.3 is 0 Å². The van der Waals surface area contributed by atoms with E-state index < -0.39 is 10.0 Å². The van der Waals surface area contributed by atoms with Gasteiger partial charge in [-0.2, -0.15) is 13.7 Å². The number of aromatic amines is 1. The molecule has 0 atom stereocenters. The van der Waals surface area contributed by atoms with Crippen molar-refractivity contribution in [2.45, 2.75) is 18.4 Å². The van der Waals surface area contributed by atoms with Crippen molar-refractivity contribution in [1.82, 2.24) is 9.97 Å². The Morgan fingerprint density at radius 3 is 2.86 bits per heavy atom. The molecule has 0 fully saturated rings. The van der Waals surface area contributed by atoms with Gasteiger partial charge in [-0.1, -0.05) is 19.1 Å². The fourth-order valence-electron chi connectivity index (χ4n) is 1.65. The molecule has 0 bridgehead atoms. The van der Waals surface area contributed by atoms with Gasteiger partial charge in [-0.05, 0) is 12.1 Å². The van der Waals surface area contributed by atoms with Gasteiger partial charge in [0.05, 0.1) is 11.9 Å². The highest BCUT2D eigenvalue weighted by Crippen LogP contribution is 2.26. The predicted molar refractivity (Wildman–Crippen MR) is 76.3 cm³/mol. The van der Waals surface area contributed by atoms with Crippen LogP contribution in [-0.4, -0.2) is 25.0 Å². The Kier molecular flexibility index (Phi) is 4.45. The fourth-order valence-corrected chi connectivity index (χ4v) is 2.66. The fraction of sp³-hybridized carbons (Fsp3) is 0.231. The number of nitriles is 1. The van der Waals surface area contributed by atoms with E-state index in [-0.39, 0.29) is 23.1 Å². The predicted octanol–water partition coefficient (Wildman–Crippen LogP) is 1.68. The van der Waals surface area contributed by atoms with Crippen LogP contribution in [-0.2, 0) is 16.4 Å². The molecule has 110 valence electrons. The maximum atomic E-state index is 12.3. The third kappa shape index (κ3) is 3.52. The van der Waals surface area contributed by atoms with Gasteiger partial charge in [0.15, 0.2) is 11.6 Å². The number of nitrogens with one attached hydrogen (secondary N) is 2. The SMILES string of the molecule is CCc1ncc(S(=O)(=O)Nc2ccccc2OCC#N)[nH]1. The number of para-hydroxylation sites is 2. The number of hydrogen-bond donors (Lipinski definition) is 2. The van der Waals surface area contributed by atoms with Crippen LogP contribution in [0.3, 0.4) is 0 Å². The smallest absolute Gasteiger partial charge is 0.279 e. The Morgan fingerprint density at radius 2 is 2.19 bits per heavy atom. The highest BCUT2D eigenvalue weighted by molar-refractivity contribution is 7.92. The van der Waals surface area contributed by atoms with Crippen LogP contribution in [0.2, 0.25) is 0 Å². The molecule has 0 radical (unpaired) electrons. The van der Waals surface area contributed by atoms with Crippen LogP contribution in [0.15, 0.2) is 35.5 Å². The molecule has 0 spiro atoms. The summed E-state index contributed by atoms with van der Waals surface area (Å²) < 4.78 is 32.1. The van der Waals surface area contributed by atoms with E-state index in [0.29, 0.717) is 12.2 Å². The van der Waals surface area contributed by atoms with Gasteiger partial charge in [-0.25, -0.2) is 4.98 Å². The average Bonchev–Trinajstić information content (AvgIpc) is 2.96. The zero-order valence-corrected chi connectivity index (χ0v) is 12.1. The van der Waals surface area contributed by atoms with Gasteiger partial charge in [0, 0.05) is 6.42 Å². The number of sulfonamides is 1. The second-order valence-electron chi connectivity index (χ2n) is 4.10. The third-order valence-corrected chi connectivity index (χ3v) is 3.93. The molecule has 7 nitrogen and oxygen atoms in total. The second kappa shape index (κ2) is 6.28. The number of hydrogen-bond acceptors (Lipinski definition) is 5. The topological polar surface area (TPSA) is 108 Å². The zero-order chi connectivity index (χ0) is 15.3. The highest BCUT2D eigenvalue weighted by Gasteiger charge is 2.18. The first-order chi connectivity index (χ1) is 10.1. The van der Waals surface area contributed by atoms with Crippen LogP contribution in [0.1, 0.15) is 12.7 Å². The first-order valence-corrected chi connectivity index (χ1v) is 7.70. The van der Waals surface area contributed by atoms with Crippen LogP contribution in [0.5, 0.6) is 5.75 Å². The molecule has 21 heavy (non-hydrogen) atoms. The molecule has 2 rings (SSSR count). The quantitative estimate of drug-likeness (QED) is 0.844. The van der Waals surface area contributed by atoms with Crippen molar-refractivity contribution in [3.63, 3.8) is 0 Å². The minimum Gasteiger partial charge on any atom is -0.477 e. The summed E-state index contributed by atoms with van der Waals surface area (Å²) in [5.74, 6) is 0.877. The lowest BCUT2D eigenvalue weighted by molar-refractivity contribution is 0.370. The summed E-state index contributed by atoms with van der Waals surface area (Å²) in [7, 11) is -3.78. The van der Waals surface area contributed by atoms with E-state index in [0.717, 1.165) is 0 Å². The highest BCUT2D eigenvalue weighted by atomic mass is 32.2. The van der Waals surface area contributed by atoms with Gasteiger partial charge in [-0.3, -0.25) is 4.72 Å². The van der Waals surface area contributed by atoms with Crippen LogP contribution in [0, 0.1) is 11.3 Å². The largest absolute Gasteiger partial charge is 0.477 e. The molecular weight excluding hydrogens is 292 g/mol. The molecule has 0 saturated heterocycles. The monoisotopic (exact) mass is 306 g/mol.